The Morgan fingerprint density at radius 1 is 1.09 bits per heavy atom. The molecule has 0 radical (unpaired) electrons. The first kappa shape index (κ1) is 32.2. The number of allylic oxidation sites excluding steroid dienone is 7. The summed E-state index contributed by atoms with van der Waals surface area (Å²) >= 11 is 0. The smallest absolute Gasteiger partial charge is 0.124 e. The number of aromatic nitrogens is 3. The maximum absolute atomic E-state index is 14.8. The van der Waals surface area contributed by atoms with Gasteiger partial charge in [0, 0.05) is 27.5 Å². The Morgan fingerprint density at radius 2 is 1.86 bits per heavy atom. The molecule has 4 rings (SSSR count). The third-order valence-electron chi connectivity index (χ3n) is 7.68. The highest BCUT2D eigenvalue weighted by atomic mass is 19.1. The number of benzene rings is 2. The number of fused-ring (bicyclic) bond motifs is 1. The molecule has 228 valence electrons. The highest BCUT2D eigenvalue weighted by Crippen LogP contribution is 2.32. The van der Waals surface area contributed by atoms with Crippen molar-refractivity contribution >= 4 is 23.6 Å². The molecule has 0 amide bonds. The van der Waals surface area contributed by atoms with Crippen LogP contribution in [0.5, 0.6) is 0 Å². The average molecular weight is 590 g/mol. The number of rotatable bonds is 13. The molecule has 4 aromatic rings. The Hall–Kier alpha value is -4.68. The lowest BCUT2D eigenvalue weighted by Gasteiger charge is -2.11. The maximum Gasteiger partial charge on any atom is 0.124 e. The summed E-state index contributed by atoms with van der Waals surface area (Å²) in [6.45, 7) is 19.3. The Morgan fingerprint density at radius 3 is 2.55 bits per heavy atom. The molecule has 0 spiro atoms. The maximum atomic E-state index is 14.8. The lowest BCUT2D eigenvalue weighted by Crippen LogP contribution is -2.22. The van der Waals surface area contributed by atoms with Crippen LogP contribution in [0, 0.1) is 5.82 Å². The van der Waals surface area contributed by atoms with Gasteiger partial charge in [-0.1, -0.05) is 57.0 Å². The number of aryl methyl sites for hydroxylation is 1. The Balaban J connectivity index is 1.76. The zero-order valence-corrected chi connectivity index (χ0v) is 26.7. The minimum absolute atomic E-state index is 0.220. The van der Waals surface area contributed by atoms with Gasteiger partial charge in [-0.25, -0.2) is 4.39 Å². The predicted molar refractivity (Wildman–Crippen MR) is 186 cm³/mol. The monoisotopic (exact) mass is 589 g/mol. The van der Waals surface area contributed by atoms with Gasteiger partial charge in [-0.3, -0.25) is 5.10 Å². The minimum Gasteiger partial charge on any atom is -0.359 e. The molecule has 0 bridgehead atoms. The van der Waals surface area contributed by atoms with Crippen LogP contribution in [0.3, 0.4) is 0 Å². The van der Waals surface area contributed by atoms with E-state index in [9.17, 15) is 4.39 Å². The fourth-order valence-electron chi connectivity index (χ4n) is 5.26. The fourth-order valence-corrected chi connectivity index (χ4v) is 5.26. The minimum atomic E-state index is -0.220. The first-order valence-corrected chi connectivity index (χ1v) is 15.1. The second-order valence-corrected chi connectivity index (χ2v) is 11.2. The lowest BCUT2D eigenvalue weighted by atomic mass is 9.98. The highest BCUT2D eigenvalue weighted by molar-refractivity contribution is 5.98. The van der Waals surface area contributed by atoms with Crippen molar-refractivity contribution in [3.05, 3.63) is 124 Å². The van der Waals surface area contributed by atoms with Gasteiger partial charge >= 0.3 is 0 Å². The molecule has 5 nitrogen and oxygen atoms in total. The van der Waals surface area contributed by atoms with Gasteiger partial charge in [0.1, 0.15) is 11.5 Å². The van der Waals surface area contributed by atoms with E-state index < -0.39 is 0 Å². The summed E-state index contributed by atoms with van der Waals surface area (Å²) in [6, 6.07) is 13.5. The van der Waals surface area contributed by atoms with E-state index in [1.54, 1.807) is 18.2 Å². The normalized spacial score (nSPS) is 13.2. The van der Waals surface area contributed by atoms with Crippen molar-refractivity contribution in [1.82, 2.24) is 25.4 Å². The third-order valence-corrected chi connectivity index (χ3v) is 7.68. The van der Waals surface area contributed by atoms with Gasteiger partial charge < -0.3 is 15.2 Å². The quantitative estimate of drug-likeness (QED) is 0.141. The van der Waals surface area contributed by atoms with Crippen LogP contribution in [-0.2, 0) is 6.42 Å². The zero-order chi connectivity index (χ0) is 31.8. The van der Waals surface area contributed by atoms with Gasteiger partial charge in [-0.15, -0.1) is 0 Å². The van der Waals surface area contributed by atoms with E-state index >= 15 is 0 Å². The third kappa shape index (κ3) is 7.63. The molecule has 0 fully saturated rings. The highest BCUT2D eigenvalue weighted by Gasteiger charge is 2.14. The molecule has 0 unspecified atom stereocenters. The molecular weight excluding hydrogens is 545 g/mol. The molecular formula is C38H44FN5. The van der Waals surface area contributed by atoms with Gasteiger partial charge in [-0.2, -0.15) is 5.10 Å². The van der Waals surface area contributed by atoms with Crippen molar-refractivity contribution in [2.24, 2.45) is 0 Å². The summed E-state index contributed by atoms with van der Waals surface area (Å²) < 4.78 is 14.8. The van der Waals surface area contributed by atoms with E-state index in [0.29, 0.717) is 5.35 Å². The number of aromatic amines is 2. The number of nitrogens with zero attached hydrogens (tertiary/aromatic N) is 2. The van der Waals surface area contributed by atoms with Crippen molar-refractivity contribution < 1.29 is 4.39 Å². The first-order chi connectivity index (χ1) is 21.2. The number of hydrogen-bond donors (Lipinski definition) is 3. The predicted octanol–water partition coefficient (Wildman–Crippen LogP) is 7.52. The van der Waals surface area contributed by atoms with Crippen LogP contribution in [0.4, 0.5) is 4.39 Å². The van der Waals surface area contributed by atoms with E-state index in [4.69, 9.17) is 0 Å². The Kier molecular flexibility index (Phi) is 10.7. The molecule has 0 saturated carbocycles. The van der Waals surface area contributed by atoms with E-state index in [1.165, 1.54) is 0 Å². The summed E-state index contributed by atoms with van der Waals surface area (Å²) in [5.41, 5.74) is 9.26. The second-order valence-electron chi connectivity index (χ2n) is 11.2. The van der Waals surface area contributed by atoms with E-state index in [0.717, 1.165) is 92.5 Å². The van der Waals surface area contributed by atoms with Crippen LogP contribution in [0.1, 0.15) is 39.2 Å². The number of nitrogens with one attached hydrogen (secondary N) is 3. The Labute approximate surface area is 260 Å². The van der Waals surface area contributed by atoms with Crippen molar-refractivity contribution in [2.75, 3.05) is 20.6 Å². The molecule has 0 atom stereocenters. The lowest BCUT2D eigenvalue weighted by molar-refractivity contribution is 0.400. The molecule has 3 N–H and O–H groups in total. The van der Waals surface area contributed by atoms with Crippen LogP contribution in [0.2, 0.25) is 0 Å². The fraction of sp³-hybridized carbons (Fsp3) is 0.237. The van der Waals surface area contributed by atoms with Gasteiger partial charge in [-0.05, 0) is 124 Å². The molecule has 2 aromatic heterocycles. The molecule has 0 aliphatic carbocycles. The first-order valence-electron chi connectivity index (χ1n) is 15.1. The molecule has 0 aliphatic rings. The number of H-pyrrole nitrogens is 2. The molecule has 0 aliphatic heterocycles. The molecule has 2 aromatic carbocycles. The standard InChI is InChI=1S/C38H44FN5/c1-9-25(5)40-32(12-4)22-28(10-2)29(11-3)23-34-26(6)42-43-38(34)37-24-35-33(16-13-17-36(35)41-37)30-19-27(20-31(39)21-30)15-14-18-44(7)8/h10-13,16-17,19-24,40-42H,4-6,9,14-15,18H2,1-3,7-8H3/b28-10+,29-11+,32-22+,34-23+. The van der Waals surface area contributed by atoms with Gasteiger partial charge in [0.2, 0.25) is 0 Å². The van der Waals surface area contributed by atoms with Gasteiger partial charge in [0.15, 0.2) is 0 Å². The largest absolute Gasteiger partial charge is 0.359 e. The van der Waals surface area contributed by atoms with Crippen LogP contribution in [0.15, 0.2) is 102 Å². The SMILES string of the molecule is C=C\C(=C/C(=C\C)C(/C=c1/c(-c2cc3c(-c4cc(F)cc(CCCN(C)C)c4)cccc3[nH]2)n[nH]c1=C)=C/C)NC(=C)CC. The van der Waals surface area contributed by atoms with Gasteiger partial charge in [0.25, 0.3) is 0 Å². The average Bonchev–Trinajstić information content (AvgIpc) is 3.60. The summed E-state index contributed by atoms with van der Waals surface area (Å²) in [6.07, 6.45) is 12.7. The molecule has 44 heavy (non-hydrogen) atoms. The van der Waals surface area contributed by atoms with Crippen molar-refractivity contribution in [2.45, 2.75) is 40.0 Å². The molecule has 0 saturated heterocycles. The number of halogens is 1. The van der Waals surface area contributed by atoms with Crippen LogP contribution >= 0.6 is 0 Å². The van der Waals surface area contributed by atoms with Crippen LogP contribution in [-0.4, -0.2) is 40.7 Å². The van der Waals surface area contributed by atoms with E-state index in [1.807, 2.05) is 32.0 Å². The molecule has 6 heteroatoms. The number of hydrogen-bond acceptors (Lipinski definition) is 3. The van der Waals surface area contributed by atoms with E-state index in [2.05, 4.69) is 103 Å². The Bertz CT molecular complexity index is 1860. The summed E-state index contributed by atoms with van der Waals surface area (Å²) in [5.74, 6) is -0.220. The zero-order valence-electron chi connectivity index (χ0n) is 26.7. The second kappa shape index (κ2) is 14.7. The van der Waals surface area contributed by atoms with Crippen LogP contribution < -0.4 is 15.9 Å². The van der Waals surface area contributed by atoms with Gasteiger partial charge in [0.05, 0.1) is 11.0 Å². The molecule has 2 heterocycles. The summed E-state index contributed by atoms with van der Waals surface area (Å²) in [7, 11) is 4.11. The van der Waals surface area contributed by atoms with Crippen molar-refractivity contribution in [3.63, 3.8) is 0 Å². The van der Waals surface area contributed by atoms with Crippen molar-refractivity contribution in [1.29, 1.82) is 0 Å². The van der Waals surface area contributed by atoms with Crippen molar-refractivity contribution in [3.8, 4) is 22.5 Å². The topological polar surface area (TPSA) is 59.7 Å². The summed E-state index contributed by atoms with van der Waals surface area (Å²) in [5, 5.41) is 13.7. The van der Waals surface area contributed by atoms with E-state index in [-0.39, 0.29) is 5.82 Å². The van der Waals surface area contributed by atoms with Crippen LogP contribution in [0.25, 0.3) is 46.1 Å². The summed E-state index contributed by atoms with van der Waals surface area (Å²) in [4.78, 5) is 5.70.